The number of ether oxygens (including phenoxy) is 1. The van der Waals surface area contributed by atoms with Crippen LogP contribution in [-0.2, 0) is 4.74 Å². The zero-order valence-corrected chi connectivity index (χ0v) is 10.0. The third-order valence-electron chi connectivity index (χ3n) is 2.35. The first-order chi connectivity index (χ1) is 7.65. The summed E-state index contributed by atoms with van der Waals surface area (Å²) in [6.07, 6.45) is 0. The Bertz CT molecular complexity index is 566. The van der Waals surface area contributed by atoms with Crippen LogP contribution in [0.3, 0.4) is 0 Å². The smallest absolute Gasteiger partial charge is 0.340 e. The molecule has 82 valence electrons. The standard InChI is InChI=1S/C12H8BrFO2/c1-16-12(15)9-6-5-7-8(11(9)14)3-2-4-10(7)13/h2-6H,1H3. The third-order valence-corrected chi connectivity index (χ3v) is 3.04. The maximum absolute atomic E-state index is 14.0. The number of halogens is 2. The van der Waals surface area contributed by atoms with Crippen LogP contribution in [-0.4, -0.2) is 13.1 Å². The van der Waals surface area contributed by atoms with Crippen LogP contribution >= 0.6 is 15.9 Å². The lowest BCUT2D eigenvalue weighted by molar-refractivity contribution is 0.0596. The molecule has 0 aliphatic carbocycles. The molecule has 0 spiro atoms. The molecule has 2 nitrogen and oxygen atoms in total. The molecule has 2 aromatic rings. The zero-order valence-electron chi connectivity index (χ0n) is 8.46. The lowest BCUT2D eigenvalue weighted by atomic mass is 10.1. The van der Waals surface area contributed by atoms with Crippen molar-refractivity contribution >= 4 is 32.7 Å². The molecular formula is C12H8BrFO2. The Hall–Kier alpha value is -1.42. The molecule has 2 rings (SSSR count). The van der Waals surface area contributed by atoms with Crippen LogP contribution in [0.4, 0.5) is 4.39 Å². The summed E-state index contributed by atoms with van der Waals surface area (Å²) in [5.41, 5.74) is -0.0481. The van der Waals surface area contributed by atoms with Crippen LogP contribution in [0.2, 0.25) is 0 Å². The molecule has 0 heterocycles. The van der Waals surface area contributed by atoms with Crippen molar-refractivity contribution in [2.24, 2.45) is 0 Å². The summed E-state index contributed by atoms with van der Waals surface area (Å²) >= 11 is 3.33. The Morgan fingerprint density at radius 1 is 1.25 bits per heavy atom. The summed E-state index contributed by atoms with van der Waals surface area (Å²) in [4.78, 5) is 11.3. The number of esters is 1. The van der Waals surface area contributed by atoms with Crippen molar-refractivity contribution in [2.45, 2.75) is 0 Å². The molecule has 16 heavy (non-hydrogen) atoms. The Morgan fingerprint density at radius 3 is 2.69 bits per heavy atom. The Balaban J connectivity index is 2.75. The predicted octanol–water partition coefficient (Wildman–Crippen LogP) is 3.53. The van der Waals surface area contributed by atoms with Gasteiger partial charge in [-0.2, -0.15) is 0 Å². The second-order valence-corrected chi connectivity index (χ2v) is 4.11. The molecule has 0 aliphatic rings. The summed E-state index contributed by atoms with van der Waals surface area (Å²) in [7, 11) is 1.23. The van der Waals surface area contributed by atoms with Crippen LogP contribution in [0.15, 0.2) is 34.8 Å². The van der Waals surface area contributed by atoms with E-state index < -0.39 is 11.8 Å². The molecule has 0 bridgehead atoms. The van der Waals surface area contributed by atoms with Crippen LogP contribution in [0, 0.1) is 5.82 Å². The molecule has 0 aliphatic heterocycles. The lowest BCUT2D eigenvalue weighted by Crippen LogP contribution is -2.04. The normalized spacial score (nSPS) is 10.4. The first kappa shape index (κ1) is 11.1. The molecule has 0 unspecified atom stereocenters. The van der Waals surface area contributed by atoms with Crippen LogP contribution in [0.1, 0.15) is 10.4 Å². The summed E-state index contributed by atoms with van der Waals surface area (Å²) in [5, 5.41) is 1.13. The SMILES string of the molecule is COC(=O)c1ccc2c(Br)cccc2c1F. The lowest BCUT2D eigenvalue weighted by Gasteiger charge is -2.05. The van der Waals surface area contributed by atoms with Crippen molar-refractivity contribution in [3.63, 3.8) is 0 Å². The molecule has 0 N–H and O–H groups in total. The van der Waals surface area contributed by atoms with E-state index in [2.05, 4.69) is 20.7 Å². The van der Waals surface area contributed by atoms with Crippen molar-refractivity contribution in [3.05, 3.63) is 46.2 Å². The Labute approximate surface area is 100 Å². The highest BCUT2D eigenvalue weighted by atomic mass is 79.9. The predicted molar refractivity (Wildman–Crippen MR) is 62.9 cm³/mol. The van der Waals surface area contributed by atoms with Gasteiger partial charge in [-0.15, -0.1) is 0 Å². The van der Waals surface area contributed by atoms with Crippen molar-refractivity contribution in [1.29, 1.82) is 0 Å². The van der Waals surface area contributed by atoms with E-state index in [4.69, 9.17) is 0 Å². The van der Waals surface area contributed by atoms with E-state index >= 15 is 0 Å². The number of carbonyl (C=O) groups is 1. The second-order valence-electron chi connectivity index (χ2n) is 3.25. The highest BCUT2D eigenvalue weighted by Crippen LogP contribution is 2.27. The van der Waals surface area contributed by atoms with Gasteiger partial charge in [0.25, 0.3) is 0 Å². The fourth-order valence-electron chi connectivity index (χ4n) is 1.55. The molecule has 0 aromatic heterocycles. The van der Waals surface area contributed by atoms with E-state index in [0.717, 1.165) is 9.86 Å². The van der Waals surface area contributed by atoms with Gasteiger partial charge in [0.15, 0.2) is 0 Å². The van der Waals surface area contributed by atoms with E-state index in [-0.39, 0.29) is 5.56 Å². The van der Waals surface area contributed by atoms with Crippen LogP contribution in [0.25, 0.3) is 10.8 Å². The monoisotopic (exact) mass is 282 g/mol. The van der Waals surface area contributed by atoms with E-state index in [9.17, 15) is 9.18 Å². The number of rotatable bonds is 1. The van der Waals surface area contributed by atoms with Crippen molar-refractivity contribution < 1.29 is 13.9 Å². The van der Waals surface area contributed by atoms with Gasteiger partial charge < -0.3 is 4.74 Å². The molecular weight excluding hydrogens is 275 g/mol. The number of hydrogen-bond donors (Lipinski definition) is 0. The van der Waals surface area contributed by atoms with Gasteiger partial charge in [-0.1, -0.05) is 34.1 Å². The van der Waals surface area contributed by atoms with Gasteiger partial charge in [-0.05, 0) is 17.5 Å². The molecule has 0 saturated carbocycles. The van der Waals surface area contributed by atoms with Gasteiger partial charge in [0.05, 0.1) is 12.7 Å². The summed E-state index contributed by atoms with van der Waals surface area (Å²) in [6, 6.07) is 8.28. The van der Waals surface area contributed by atoms with Gasteiger partial charge in [-0.25, -0.2) is 9.18 Å². The van der Waals surface area contributed by atoms with Gasteiger partial charge in [0.1, 0.15) is 5.82 Å². The maximum Gasteiger partial charge on any atom is 0.340 e. The summed E-state index contributed by atoms with van der Waals surface area (Å²) in [5.74, 6) is -1.22. The van der Waals surface area contributed by atoms with Crippen molar-refractivity contribution in [3.8, 4) is 0 Å². The number of carbonyl (C=O) groups excluding carboxylic acids is 1. The average molecular weight is 283 g/mol. The van der Waals surface area contributed by atoms with Crippen molar-refractivity contribution in [2.75, 3.05) is 7.11 Å². The van der Waals surface area contributed by atoms with E-state index in [0.29, 0.717) is 5.39 Å². The molecule has 0 saturated heterocycles. The van der Waals surface area contributed by atoms with Gasteiger partial charge in [0.2, 0.25) is 0 Å². The van der Waals surface area contributed by atoms with E-state index in [1.165, 1.54) is 13.2 Å². The van der Waals surface area contributed by atoms with Crippen molar-refractivity contribution in [1.82, 2.24) is 0 Å². The molecule has 2 aromatic carbocycles. The zero-order chi connectivity index (χ0) is 11.7. The average Bonchev–Trinajstić information content (AvgIpc) is 2.30. The quantitative estimate of drug-likeness (QED) is 0.748. The topological polar surface area (TPSA) is 26.3 Å². The largest absolute Gasteiger partial charge is 0.465 e. The highest BCUT2D eigenvalue weighted by Gasteiger charge is 2.15. The Morgan fingerprint density at radius 2 is 2.00 bits per heavy atom. The van der Waals surface area contributed by atoms with E-state index in [1.807, 2.05) is 6.07 Å². The van der Waals surface area contributed by atoms with Gasteiger partial charge >= 0.3 is 5.97 Å². The van der Waals surface area contributed by atoms with Gasteiger partial charge in [-0.3, -0.25) is 0 Å². The van der Waals surface area contributed by atoms with Gasteiger partial charge in [0, 0.05) is 9.86 Å². The second kappa shape index (κ2) is 4.22. The highest BCUT2D eigenvalue weighted by molar-refractivity contribution is 9.10. The molecule has 0 atom stereocenters. The number of methoxy groups -OCH3 is 1. The molecule has 0 radical (unpaired) electrons. The fourth-order valence-corrected chi connectivity index (χ4v) is 2.05. The maximum atomic E-state index is 14.0. The third kappa shape index (κ3) is 1.69. The minimum absolute atomic E-state index is 0.0481. The summed E-state index contributed by atoms with van der Waals surface area (Å²) < 4.78 is 19.3. The first-order valence-corrected chi connectivity index (χ1v) is 5.39. The number of benzene rings is 2. The van der Waals surface area contributed by atoms with Crippen LogP contribution < -0.4 is 0 Å². The van der Waals surface area contributed by atoms with E-state index in [1.54, 1.807) is 18.2 Å². The molecule has 4 heteroatoms. The molecule has 0 fully saturated rings. The minimum Gasteiger partial charge on any atom is -0.465 e. The summed E-state index contributed by atoms with van der Waals surface area (Å²) in [6.45, 7) is 0. The number of hydrogen-bond acceptors (Lipinski definition) is 2. The first-order valence-electron chi connectivity index (χ1n) is 4.60. The van der Waals surface area contributed by atoms with Crippen LogP contribution in [0.5, 0.6) is 0 Å². The minimum atomic E-state index is -0.667. The fraction of sp³-hybridized carbons (Fsp3) is 0.0833. The Kier molecular flexibility index (Phi) is 2.92. The number of fused-ring (bicyclic) bond motifs is 1. The molecule has 0 amide bonds.